The van der Waals surface area contributed by atoms with Crippen LogP contribution >= 0.6 is 0 Å². The van der Waals surface area contributed by atoms with E-state index in [4.69, 9.17) is 9.47 Å². The lowest BCUT2D eigenvalue weighted by atomic mass is 10.0. The zero-order chi connectivity index (χ0) is 21.5. The van der Waals surface area contributed by atoms with Crippen molar-refractivity contribution in [3.05, 3.63) is 35.4 Å². The first-order chi connectivity index (χ1) is 12.9. The second kappa shape index (κ2) is 9.87. The van der Waals surface area contributed by atoms with E-state index in [9.17, 15) is 19.2 Å². The number of esters is 1. The van der Waals surface area contributed by atoms with E-state index in [1.165, 1.54) is 26.0 Å². The quantitative estimate of drug-likeness (QED) is 0.712. The lowest BCUT2D eigenvalue weighted by Gasteiger charge is -2.29. The lowest BCUT2D eigenvalue weighted by Crippen LogP contribution is -2.46. The number of ether oxygens (including phenoxy) is 2. The Labute approximate surface area is 165 Å². The van der Waals surface area contributed by atoms with Crippen molar-refractivity contribution in [1.82, 2.24) is 10.2 Å². The molecule has 1 rings (SSSR count). The Hall–Kier alpha value is -2.90. The van der Waals surface area contributed by atoms with Gasteiger partial charge in [0.2, 0.25) is 0 Å². The second-order valence-corrected chi connectivity index (χ2v) is 7.42. The van der Waals surface area contributed by atoms with Gasteiger partial charge in [0, 0.05) is 19.0 Å². The molecule has 1 aromatic rings. The molecule has 28 heavy (non-hydrogen) atoms. The van der Waals surface area contributed by atoms with Crippen molar-refractivity contribution in [2.45, 2.75) is 45.8 Å². The molecule has 1 unspecified atom stereocenters. The van der Waals surface area contributed by atoms with Crippen molar-refractivity contribution in [2.75, 3.05) is 20.7 Å². The van der Waals surface area contributed by atoms with Crippen molar-refractivity contribution >= 4 is 23.8 Å². The molecular weight excluding hydrogens is 364 g/mol. The van der Waals surface area contributed by atoms with Crippen LogP contribution in [-0.2, 0) is 25.5 Å². The molecule has 8 nitrogen and oxygen atoms in total. The van der Waals surface area contributed by atoms with E-state index in [1.807, 2.05) is 0 Å². The van der Waals surface area contributed by atoms with Crippen LogP contribution in [0.25, 0.3) is 0 Å². The SMILES string of the molecule is COC(=O)C(Cc1ccc(C(=O)NCC(C)=O)cc1)N(C)C(=O)OC(C)(C)C. The average Bonchev–Trinajstić information content (AvgIpc) is 2.62. The highest BCUT2D eigenvalue weighted by atomic mass is 16.6. The number of ketones is 1. The molecule has 2 amide bonds. The van der Waals surface area contributed by atoms with Crippen LogP contribution in [0.4, 0.5) is 4.79 Å². The normalized spacial score (nSPS) is 11.9. The van der Waals surface area contributed by atoms with E-state index >= 15 is 0 Å². The summed E-state index contributed by atoms with van der Waals surface area (Å²) in [6.45, 7) is 6.56. The molecule has 0 aliphatic carbocycles. The highest BCUT2D eigenvalue weighted by Crippen LogP contribution is 2.15. The zero-order valence-corrected chi connectivity index (χ0v) is 17.2. The van der Waals surface area contributed by atoms with Crippen LogP contribution in [0.15, 0.2) is 24.3 Å². The summed E-state index contributed by atoms with van der Waals surface area (Å²) in [4.78, 5) is 48.6. The summed E-state index contributed by atoms with van der Waals surface area (Å²) >= 11 is 0. The molecule has 1 aromatic carbocycles. The summed E-state index contributed by atoms with van der Waals surface area (Å²) in [6.07, 6.45) is -0.444. The van der Waals surface area contributed by atoms with Crippen LogP contribution in [-0.4, -0.2) is 61.0 Å². The molecule has 0 fully saturated rings. The fraction of sp³-hybridized carbons (Fsp3) is 0.500. The zero-order valence-electron chi connectivity index (χ0n) is 17.2. The number of Topliss-reactive ketones (excluding diaryl/α,β-unsaturated/α-hetero) is 1. The highest BCUT2D eigenvalue weighted by molar-refractivity contribution is 5.96. The van der Waals surface area contributed by atoms with Gasteiger partial charge < -0.3 is 14.8 Å². The third-order valence-electron chi connectivity index (χ3n) is 3.77. The average molecular weight is 392 g/mol. The molecule has 1 N–H and O–H groups in total. The van der Waals surface area contributed by atoms with Crippen molar-refractivity contribution in [3.63, 3.8) is 0 Å². The van der Waals surface area contributed by atoms with Gasteiger partial charge in [-0.1, -0.05) is 12.1 Å². The minimum Gasteiger partial charge on any atom is -0.467 e. The van der Waals surface area contributed by atoms with E-state index < -0.39 is 23.7 Å². The summed E-state index contributed by atoms with van der Waals surface area (Å²) in [5.41, 5.74) is 0.426. The maximum absolute atomic E-state index is 12.3. The Kier molecular flexibility index (Phi) is 8.16. The van der Waals surface area contributed by atoms with Gasteiger partial charge >= 0.3 is 12.1 Å². The van der Waals surface area contributed by atoms with Crippen LogP contribution in [0.1, 0.15) is 43.6 Å². The second-order valence-electron chi connectivity index (χ2n) is 7.42. The number of nitrogens with zero attached hydrogens (tertiary/aromatic N) is 1. The number of methoxy groups -OCH3 is 1. The van der Waals surface area contributed by atoms with Crippen LogP contribution in [0.5, 0.6) is 0 Å². The standard InChI is InChI=1S/C20H28N2O6/c1-13(23)12-21-17(24)15-9-7-14(8-10-15)11-16(18(25)27-6)22(5)19(26)28-20(2,3)4/h7-10,16H,11-12H2,1-6H3,(H,21,24). The van der Waals surface area contributed by atoms with Crippen LogP contribution in [0.3, 0.4) is 0 Å². The van der Waals surface area contributed by atoms with Crippen LogP contribution < -0.4 is 5.32 Å². The van der Waals surface area contributed by atoms with E-state index in [-0.39, 0.29) is 24.7 Å². The number of carbonyl (C=O) groups excluding carboxylic acids is 4. The monoisotopic (exact) mass is 392 g/mol. The Balaban J connectivity index is 2.89. The number of nitrogens with one attached hydrogen (secondary N) is 1. The first-order valence-electron chi connectivity index (χ1n) is 8.85. The van der Waals surface area contributed by atoms with Crippen LogP contribution in [0.2, 0.25) is 0 Å². The fourth-order valence-corrected chi connectivity index (χ4v) is 2.30. The number of hydrogen-bond donors (Lipinski definition) is 1. The number of likely N-dealkylation sites (N-methyl/N-ethyl adjacent to an activating group) is 1. The Morgan fingerprint density at radius 3 is 2.14 bits per heavy atom. The largest absolute Gasteiger partial charge is 0.467 e. The molecule has 0 aliphatic heterocycles. The molecule has 0 spiro atoms. The van der Waals surface area contributed by atoms with Gasteiger partial charge in [0.05, 0.1) is 13.7 Å². The predicted octanol–water partition coefficient (Wildman–Crippen LogP) is 1.96. The van der Waals surface area contributed by atoms with Crippen LogP contribution in [0, 0.1) is 0 Å². The van der Waals surface area contributed by atoms with Gasteiger partial charge in [-0.05, 0) is 45.4 Å². The molecule has 0 heterocycles. The van der Waals surface area contributed by atoms with Crippen molar-refractivity contribution in [2.24, 2.45) is 0 Å². The summed E-state index contributed by atoms with van der Waals surface area (Å²) in [7, 11) is 2.72. The van der Waals surface area contributed by atoms with Crippen molar-refractivity contribution in [1.29, 1.82) is 0 Å². The maximum Gasteiger partial charge on any atom is 0.410 e. The van der Waals surface area contributed by atoms with E-state index in [0.29, 0.717) is 5.56 Å². The van der Waals surface area contributed by atoms with Gasteiger partial charge in [0.25, 0.3) is 5.91 Å². The van der Waals surface area contributed by atoms with Crippen molar-refractivity contribution in [3.8, 4) is 0 Å². The molecule has 0 saturated carbocycles. The summed E-state index contributed by atoms with van der Waals surface area (Å²) in [6, 6.07) is 5.67. The van der Waals surface area contributed by atoms with Gasteiger partial charge in [0.15, 0.2) is 0 Å². The van der Waals surface area contributed by atoms with Gasteiger partial charge in [-0.25, -0.2) is 9.59 Å². The molecule has 154 valence electrons. The van der Waals surface area contributed by atoms with Gasteiger partial charge in [-0.2, -0.15) is 0 Å². The molecule has 1 atom stereocenters. The lowest BCUT2D eigenvalue weighted by molar-refractivity contribution is -0.146. The third kappa shape index (κ3) is 7.38. The predicted molar refractivity (Wildman–Crippen MR) is 103 cm³/mol. The Bertz CT molecular complexity index is 721. The summed E-state index contributed by atoms with van der Waals surface area (Å²) in [5, 5.41) is 2.51. The molecule has 0 aliphatic rings. The topological polar surface area (TPSA) is 102 Å². The first kappa shape index (κ1) is 23.1. The maximum atomic E-state index is 12.3. The smallest absolute Gasteiger partial charge is 0.410 e. The van der Waals surface area contributed by atoms with E-state index in [2.05, 4.69) is 5.32 Å². The fourth-order valence-electron chi connectivity index (χ4n) is 2.30. The van der Waals surface area contributed by atoms with Gasteiger partial charge in [-0.15, -0.1) is 0 Å². The molecule has 0 radical (unpaired) electrons. The number of benzene rings is 1. The minimum atomic E-state index is -0.878. The number of hydrogen-bond acceptors (Lipinski definition) is 6. The summed E-state index contributed by atoms with van der Waals surface area (Å²) < 4.78 is 10.1. The highest BCUT2D eigenvalue weighted by Gasteiger charge is 2.31. The minimum absolute atomic E-state index is 0.0360. The van der Waals surface area contributed by atoms with E-state index in [1.54, 1.807) is 45.0 Å². The number of carbonyl (C=O) groups is 4. The van der Waals surface area contributed by atoms with E-state index in [0.717, 1.165) is 5.56 Å². The third-order valence-corrected chi connectivity index (χ3v) is 3.77. The Morgan fingerprint density at radius 2 is 1.68 bits per heavy atom. The molecule has 0 bridgehead atoms. The number of rotatable bonds is 7. The number of amides is 2. The molecule has 8 heteroatoms. The Morgan fingerprint density at radius 1 is 1.11 bits per heavy atom. The van der Waals surface area contributed by atoms with Crippen molar-refractivity contribution < 1.29 is 28.7 Å². The first-order valence-corrected chi connectivity index (χ1v) is 8.85. The molecule has 0 aromatic heterocycles. The molecular formula is C20H28N2O6. The molecule has 0 saturated heterocycles. The summed E-state index contributed by atoms with van der Waals surface area (Å²) in [5.74, 6) is -1.08. The van der Waals surface area contributed by atoms with Gasteiger partial charge in [0.1, 0.15) is 17.4 Å². The van der Waals surface area contributed by atoms with Gasteiger partial charge in [-0.3, -0.25) is 14.5 Å².